The van der Waals surface area contributed by atoms with Crippen molar-refractivity contribution >= 4 is 17.8 Å². The molecule has 0 radical (unpaired) electrons. The van der Waals surface area contributed by atoms with Gasteiger partial charge in [-0.25, -0.2) is 0 Å². The van der Waals surface area contributed by atoms with Gasteiger partial charge in [-0.2, -0.15) is 8.78 Å². The quantitative estimate of drug-likeness (QED) is 0.534. The smallest absolute Gasteiger partial charge is 0.387 e. The molecule has 2 aromatic rings. The topological polar surface area (TPSA) is 87.6 Å². The Morgan fingerprint density at radius 3 is 2.72 bits per heavy atom. The molecule has 0 atom stereocenters. The summed E-state index contributed by atoms with van der Waals surface area (Å²) in [7, 11) is 1.33. The average Bonchev–Trinajstić information content (AvgIpc) is 2.71. The lowest BCUT2D eigenvalue weighted by molar-refractivity contribution is -0.120. The van der Waals surface area contributed by atoms with Crippen molar-refractivity contribution in [2.24, 2.45) is 5.16 Å². The minimum atomic E-state index is -2.96. The number of fused-ring (bicyclic) bond motifs is 1. The van der Waals surface area contributed by atoms with Crippen molar-refractivity contribution in [3.05, 3.63) is 42.0 Å². The van der Waals surface area contributed by atoms with Crippen LogP contribution in [0.4, 0.5) is 14.5 Å². The normalized spacial score (nSPS) is 12.7. The molecule has 3 rings (SSSR count). The van der Waals surface area contributed by atoms with Gasteiger partial charge in [-0.05, 0) is 30.3 Å². The van der Waals surface area contributed by atoms with Gasteiger partial charge in [-0.3, -0.25) is 4.79 Å². The summed E-state index contributed by atoms with van der Waals surface area (Å²) in [6, 6.07) is 9.30. The van der Waals surface area contributed by atoms with E-state index in [1.165, 1.54) is 31.5 Å². The number of halogens is 2. The van der Waals surface area contributed by atoms with E-state index >= 15 is 0 Å². The fourth-order valence-corrected chi connectivity index (χ4v) is 2.47. The Morgan fingerprint density at radius 2 is 1.97 bits per heavy atom. The molecule has 1 N–H and O–H groups in total. The molecule has 0 fully saturated rings. The van der Waals surface area contributed by atoms with Gasteiger partial charge in [-0.1, -0.05) is 5.16 Å². The fraction of sp³-hybridized carbons (Fsp3) is 0.263. The van der Waals surface area contributed by atoms with E-state index in [4.69, 9.17) is 19.0 Å². The molecule has 0 saturated heterocycles. The van der Waals surface area contributed by atoms with E-state index in [0.29, 0.717) is 36.0 Å². The van der Waals surface area contributed by atoms with Crippen LogP contribution < -0.4 is 24.3 Å². The molecule has 0 unspecified atom stereocenters. The van der Waals surface area contributed by atoms with E-state index in [-0.39, 0.29) is 18.1 Å². The zero-order chi connectivity index (χ0) is 20.6. The van der Waals surface area contributed by atoms with E-state index in [9.17, 15) is 13.6 Å². The van der Waals surface area contributed by atoms with Crippen LogP contribution in [0.15, 0.2) is 41.6 Å². The molecule has 10 heteroatoms. The number of nitrogens with one attached hydrogen (secondary N) is 1. The molecule has 1 heterocycles. The first-order chi connectivity index (χ1) is 14.0. The Kier molecular flexibility index (Phi) is 6.67. The van der Waals surface area contributed by atoms with E-state index in [2.05, 4.69) is 15.2 Å². The number of nitrogens with zero attached hydrogens (tertiary/aromatic N) is 1. The second-order valence-electron chi connectivity index (χ2n) is 5.70. The summed E-state index contributed by atoms with van der Waals surface area (Å²) < 4.78 is 44.8. The molecule has 8 nitrogen and oxygen atoms in total. The van der Waals surface area contributed by atoms with Crippen LogP contribution in [0.25, 0.3) is 0 Å². The van der Waals surface area contributed by atoms with Gasteiger partial charge in [0.05, 0.1) is 13.3 Å². The van der Waals surface area contributed by atoms with Gasteiger partial charge >= 0.3 is 6.61 Å². The van der Waals surface area contributed by atoms with E-state index in [1.54, 1.807) is 18.2 Å². The van der Waals surface area contributed by atoms with Crippen molar-refractivity contribution in [3.63, 3.8) is 0 Å². The highest BCUT2D eigenvalue weighted by Crippen LogP contribution is 2.32. The Labute approximate surface area is 164 Å². The van der Waals surface area contributed by atoms with E-state index < -0.39 is 12.5 Å². The van der Waals surface area contributed by atoms with Crippen LogP contribution in [0, 0.1) is 0 Å². The summed E-state index contributed by atoms with van der Waals surface area (Å²) in [4.78, 5) is 16.9. The number of carbonyl (C=O) groups is 1. The number of rotatable bonds is 8. The maximum absolute atomic E-state index is 12.3. The van der Waals surface area contributed by atoms with Crippen molar-refractivity contribution in [1.82, 2.24) is 0 Å². The number of anilines is 1. The van der Waals surface area contributed by atoms with Crippen molar-refractivity contribution in [2.75, 3.05) is 32.2 Å². The predicted octanol–water partition coefficient (Wildman–Crippen LogP) is 3.06. The number of methoxy groups -OCH3 is 1. The van der Waals surface area contributed by atoms with Crippen molar-refractivity contribution in [2.45, 2.75) is 6.61 Å². The van der Waals surface area contributed by atoms with Crippen LogP contribution in [0.2, 0.25) is 0 Å². The Balaban J connectivity index is 1.50. The lowest BCUT2D eigenvalue weighted by atomic mass is 10.2. The Bertz CT molecular complexity index is 891. The highest BCUT2D eigenvalue weighted by atomic mass is 19.3. The van der Waals surface area contributed by atoms with Crippen LogP contribution in [0.1, 0.15) is 5.56 Å². The Morgan fingerprint density at radius 1 is 1.17 bits per heavy atom. The van der Waals surface area contributed by atoms with Crippen molar-refractivity contribution in [1.29, 1.82) is 0 Å². The maximum Gasteiger partial charge on any atom is 0.387 e. The van der Waals surface area contributed by atoms with Gasteiger partial charge in [0.1, 0.15) is 13.2 Å². The molecule has 0 aromatic heterocycles. The van der Waals surface area contributed by atoms with Gasteiger partial charge in [-0.15, -0.1) is 0 Å². The summed E-state index contributed by atoms with van der Waals surface area (Å²) in [5.74, 6) is 0.777. The first kappa shape index (κ1) is 20.2. The molecule has 154 valence electrons. The third kappa shape index (κ3) is 5.71. The van der Waals surface area contributed by atoms with Crippen molar-refractivity contribution < 1.29 is 37.4 Å². The van der Waals surface area contributed by atoms with Crippen LogP contribution in [-0.4, -0.2) is 45.7 Å². The largest absolute Gasteiger partial charge is 0.493 e. The molecule has 1 aliphatic heterocycles. The number of benzene rings is 2. The number of hydrogen-bond acceptors (Lipinski definition) is 7. The average molecular weight is 408 g/mol. The maximum atomic E-state index is 12.3. The number of oxime groups is 1. The van der Waals surface area contributed by atoms with Crippen LogP contribution in [-0.2, 0) is 9.63 Å². The minimum absolute atomic E-state index is 0.0978. The molecule has 29 heavy (non-hydrogen) atoms. The molecule has 0 spiro atoms. The first-order valence-corrected chi connectivity index (χ1v) is 8.53. The molecule has 2 aromatic carbocycles. The zero-order valence-electron chi connectivity index (χ0n) is 15.4. The number of alkyl halides is 2. The molecule has 1 aliphatic rings. The number of amides is 1. The molecule has 0 aliphatic carbocycles. The molecule has 0 saturated carbocycles. The predicted molar refractivity (Wildman–Crippen MR) is 99.2 cm³/mol. The van der Waals surface area contributed by atoms with E-state index in [1.807, 2.05) is 0 Å². The standard InChI is InChI=1S/C19H18F2N2O6/c1-25-16-8-12(2-4-15(16)29-19(20)21)10-22-28-11-18(24)23-13-3-5-14-17(9-13)27-7-6-26-14/h2-5,8-10,19H,6-7,11H2,1H3,(H,23,24). The highest BCUT2D eigenvalue weighted by molar-refractivity contribution is 5.92. The monoisotopic (exact) mass is 408 g/mol. The number of hydrogen-bond donors (Lipinski definition) is 1. The van der Waals surface area contributed by atoms with Crippen LogP contribution in [0.3, 0.4) is 0 Å². The van der Waals surface area contributed by atoms with Gasteiger partial charge in [0.2, 0.25) is 0 Å². The van der Waals surface area contributed by atoms with Crippen molar-refractivity contribution in [3.8, 4) is 23.0 Å². The van der Waals surface area contributed by atoms with Gasteiger partial charge < -0.3 is 29.1 Å². The minimum Gasteiger partial charge on any atom is -0.493 e. The summed E-state index contributed by atoms with van der Waals surface area (Å²) in [5.41, 5.74) is 1.04. The Hall–Kier alpha value is -3.56. The zero-order valence-corrected chi connectivity index (χ0v) is 15.4. The number of ether oxygens (including phenoxy) is 4. The van der Waals surface area contributed by atoms with Gasteiger partial charge in [0.25, 0.3) is 5.91 Å². The summed E-state index contributed by atoms with van der Waals surface area (Å²) >= 11 is 0. The second kappa shape index (κ2) is 9.58. The molecular formula is C19H18F2N2O6. The lowest BCUT2D eigenvalue weighted by Gasteiger charge is -2.18. The van der Waals surface area contributed by atoms with E-state index in [0.717, 1.165) is 0 Å². The van der Waals surface area contributed by atoms with Crippen LogP contribution >= 0.6 is 0 Å². The lowest BCUT2D eigenvalue weighted by Crippen LogP contribution is -2.18. The van der Waals surface area contributed by atoms with Gasteiger partial charge in [0, 0.05) is 17.3 Å². The van der Waals surface area contributed by atoms with Crippen LogP contribution in [0.5, 0.6) is 23.0 Å². The summed E-state index contributed by atoms with van der Waals surface area (Å²) in [6.07, 6.45) is 1.31. The second-order valence-corrected chi connectivity index (χ2v) is 5.70. The molecule has 1 amide bonds. The summed E-state index contributed by atoms with van der Waals surface area (Å²) in [6.45, 7) is -2.35. The third-order valence-corrected chi connectivity index (χ3v) is 3.70. The molecular weight excluding hydrogens is 390 g/mol. The fourth-order valence-electron chi connectivity index (χ4n) is 2.47. The number of carbonyl (C=O) groups excluding carboxylic acids is 1. The molecule has 0 bridgehead atoms. The SMILES string of the molecule is COc1cc(C=NOCC(=O)Nc2ccc3c(c2)OCCO3)ccc1OC(F)F. The summed E-state index contributed by atoms with van der Waals surface area (Å²) in [5, 5.41) is 6.34. The first-order valence-electron chi connectivity index (χ1n) is 8.53. The van der Waals surface area contributed by atoms with Gasteiger partial charge in [0.15, 0.2) is 29.6 Å². The highest BCUT2D eigenvalue weighted by Gasteiger charge is 2.13. The third-order valence-electron chi connectivity index (χ3n) is 3.70.